The van der Waals surface area contributed by atoms with Crippen LogP contribution in [0, 0.1) is 0 Å². The van der Waals surface area contributed by atoms with E-state index in [-0.39, 0.29) is 24.9 Å². The van der Waals surface area contributed by atoms with Gasteiger partial charge in [0.25, 0.3) is 5.56 Å². The minimum absolute atomic E-state index is 0.105. The maximum absolute atomic E-state index is 12.5. The Morgan fingerprint density at radius 3 is 2.81 bits per heavy atom. The molecule has 0 radical (unpaired) electrons. The number of nitrogens with one attached hydrogen (secondary N) is 2. The molecular formula is C20H19N3O4. The van der Waals surface area contributed by atoms with Gasteiger partial charge in [-0.25, -0.2) is 4.79 Å². The molecule has 7 heteroatoms. The zero-order valence-electron chi connectivity index (χ0n) is 14.6. The van der Waals surface area contributed by atoms with Crippen molar-refractivity contribution in [2.24, 2.45) is 0 Å². The first-order valence-electron chi connectivity index (χ1n) is 8.86. The minimum Gasteiger partial charge on any atom is -0.493 e. The van der Waals surface area contributed by atoms with Crippen molar-refractivity contribution in [2.75, 3.05) is 6.61 Å². The average Bonchev–Trinajstić information content (AvgIpc) is 2.68. The Hall–Kier alpha value is -3.35. The number of aromatic amines is 1. The third-order valence-electron chi connectivity index (χ3n) is 4.76. The van der Waals surface area contributed by atoms with Crippen molar-refractivity contribution >= 4 is 16.8 Å². The van der Waals surface area contributed by atoms with Gasteiger partial charge in [-0.3, -0.25) is 19.1 Å². The monoisotopic (exact) mass is 365 g/mol. The molecule has 0 unspecified atom stereocenters. The Bertz CT molecular complexity index is 1120. The number of hydrogen-bond donors (Lipinski definition) is 2. The number of amides is 1. The van der Waals surface area contributed by atoms with E-state index in [4.69, 9.17) is 4.74 Å². The second-order valence-electron chi connectivity index (χ2n) is 6.47. The molecule has 0 fully saturated rings. The van der Waals surface area contributed by atoms with Crippen molar-refractivity contribution in [3.05, 3.63) is 74.9 Å². The molecule has 1 aliphatic heterocycles. The number of carbonyl (C=O) groups excluding carboxylic acids is 1. The van der Waals surface area contributed by atoms with Gasteiger partial charge < -0.3 is 10.1 Å². The smallest absolute Gasteiger partial charge is 0.328 e. The third kappa shape index (κ3) is 3.36. The summed E-state index contributed by atoms with van der Waals surface area (Å²) in [4.78, 5) is 38.9. The van der Waals surface area contributed by atoms with Crippen LogP contribution in [0.2, 0.25) is 0 Å². The summed E-state index contributed by atoms with van der Waals surface area (Å²) in [5.41, 5.74) is 0.553. The zero-order valence-corrected chi connectivity index (χ0v) is 14.6. The van der Waals surface area contributed by atoms with E-state index in [0.29, 0.717) is 23.9 Å². The summed E-state index contributed by atoms with van der Waals surface area (Å²) in [7, 11) is 0. The van der Waals surface area contributed by atoms with Crippen molar-refractivity contribution in [3.8, 4) is 5.75 Å². The SMILES string of the molecule is O=C(CCn1c(=O)[nH]c(=O)c2ccccc21)N[C@@H]1CCOc2ccccc21. The van der Waals surface area contributed by atoms with Gasteiger partial charge in [0.05, 0.1) is 23.6 Å². The van der Waals surface area contributed by atoms with E-state index in [0.717, 1.165) is 11.3 Å². The molecule has 138 valence electrons. The molecule has 1 aliphatic rings. The molecule has 2 aromatic carbocycles. The highest BCUT2D eigenvalue weighted by molar-refractivity contribution is 5.79. The molecule has 0 bridgehead atoms. The predicted molar refractivity (Wildman–Crippen MR) is 101 cm³/mol. The van der Waals surface area contributed by atoms with Crippen LogP contribution in [-0.2, 0) is 11.3 Å². The highest BCUT2D eigenvalue weighted by atomic mass is 16.5. The van der Waals surface area contributed by atoms with Gasteiger partial charge in [0, 0.05) is 24.9 Å². The molecule has 3 aromatic rings. The van der Waals surface area contributed by atoms with Gasteiger partial charge in [0.15, 0.2) is 0 Å². The maximum atomic E-state index is 12.5. The Kier molecular flexibility index (Phi) is 4.50. The number of carbonyl (C=O) groups is 1. The van der Waals surface area contributed by atoms with E-state index >= 15 is 0 Å². The number of para-hydroxylation sites is 2. The zero-order chi connectivity index (χ0) is 18.8. The van der Waals surface area contributed by atoms with Crippen molar-refractivity contribution in [3.63, 3.8) is 0 Å². The quantitative estimate of drug-likeness (QED) is 0.736. The molecule has 27 heavy (non-hydrogen) atoms. The van der Waals surface area contributed by atoms with Gasteiger partial charge in [-0.15, -0.1) is 0 Å². The highest BCUT2D eigenvalue weighted by Crippen LogP contribution is 2.31. The number of rotatable bonds is 4. The average molecular weight is 365 g/mol. The lowest BCUT2D eigenvalue weighted by Crippen LogP contribution is -2.35. The number of benzene rings is 2. The Morgan fingerprint density at radius 1 is 1.15 bits per heavy atom. The summed E-state index contributed by atoms with van der Waals surface area (Å²) in [6.45, 7) is 0.735. The Balaban J connectivity index is 1.51. The number of aryl methyl sites for hydroxylation is 1. The van der Waals surface area contributed by atoms with E-state index < -0.39 is 11.2 Å². The van der Waals surface area contributed by atoms with Crippen LogP contribution in [0.3, 0.4) is 0 Å². The second kappa shape index (κ2) is 7.11. The molecule has 2 N–H and O–H groups in total. The van der Waals surface area contributed by atoms with E-state index in [2.05, 4.69) is 10.3 Å². The van der Waals surface area contributed by atoms with E-state index in [1.807, 2.05) is 24.3 Å². The summed E-state index contributed by atoms with van der Waals surface area (Å²) >= 11 is 0. The van der Waals surface area contributed by atoms with Crippen LogP contribution in [-0.4, -0.2) is 22.1 Å². The van der Waals surface area contributed by atoms with Crippen LogP contribution < -0.4 is 21.3 Å². The fourth-order valence-corrected chi connectivity index (χ4v) is 3.44. The molecule has 0 saturated heterocycles. The second-order valence-corrected chi connectivity index (χ2v) is 6.47. The van der Waals surface area contributed by atoms with Gasteiger partial charge in [0.2, 0.25) is 5.91 Å². The first-order chi connectivity index (χ1) is 13.1. The van der Waals surface area contributed by atoms with Crippen LogP contribution >= 0.6 is 0 Å². The number of aromatic nitrogens is 2. The number of ether oxygens (including phenoxy) is 1. The first-order valence-corrected chi connectivity index (χ1v) is 8.86. The summed E-state index contributed by atoms with van der Waals surface area (Å²) in [6.07, 6.45) is 0.833. The number of H-pyrrole nitrogens is 1. The fraction of sp³-hybridized carbons (Fsp3) is 0.250. The molecule has 1 atom stereocenters. The van der Waals surface area contributed by atoms with Crippen molar-refractivity contribution in [1.29, 1.82) is 0 Å². The maximum Gasteiger partial charge on any atom is 0.328 e. The summed E-state index contributed by atoms with van der Waals surface area (Å²) in [5, 5.41) is 3.44. The Morgan fingerprint density at radius 2 is 1.93 bits per heavy atom. The molecular weight excluding hydrogens is 346 g/mol. The van der Waals surface area contributed by atoms with Crippen molar-refractivity contribution < 1.29 is 9.53 Å². The number of fused-ring (bicyclic) bond motifs is 2. The normalized spacial score (nSPS) is 15.8. The van der Waals surface area contributed by atoms with Gasteiger partial charge >= 0.3 is 5.69 Å². The van der Waals surface area contributed by atoms with Crippen LogP contribution in [0.4, 0.5) is 0 Å². The first kappa shape index (κ1) is 17.1. The molecule has 4 rings (SSSR count). The molecule has 0 aliphatic carbocycles. The topological polar surface area (TPSA) is 93.2 Å². The van der Waals surface area contributed by atoms with E-state index in [1.54, 1.807) is 24.3 Å². The van der Waals surface area contributed by atoms with E-state index in [9.17, 15) is 14.4 Å². The van der Waals surface area contributed by atoms with Crippen LogP contribution in [0.25, 0.3) is 10.9 Å². The van der Waals surface area contributed by atoms with E-state index in [1.165, 1.54) is 4.57 Å². The van der Waals surface area contributed by atoms with Crippen LogP contribution in [0.5, 0.6) is 5.75 Å². The molecule has 7 nitrogen and oxygen atoms in total. The molecule has 2 heterocycles. The highest BCUT2D eigenvalue weighted by Gasteiger charge is 2.22. The van der Waals surface area contributed by atoms with Crippen LogP contribution in [0.1, 0.15) is 24.4 Å². The number of hydrogen-bond acceptors (Lipinski definition) is 4. The lowest BCUT2D eigenvalue weighted by atomic mass is 10.0. The standard InChI is InChI=1S/C20H19N3O4/c24-18(21-15-10-12-27-17-8-4-2-5-13(15)17)9-11-23-16-7-3-1-6-14(16)19(25)22-20(23)26/h1-8,15H,9-12H2,(H,21,24)(H,22,25,26)/t15-/m1/s1. The molecule has 1 amide bonds. The van der Waals surface area contributed by atoms with Gasteiger partial charge in [-0.1, -0.05) is 30.3 Å². The lowest BCUT2D eigenvalue weighted by Gasteiger charge is -2.26. The minimum atomic E-state index is -0.511. The largest absolute Gasteiger partial charge is 0.493 e. The summed E-state index contributed by atoms with van der Waals surface area (Å²) in [5.74, 6) is 0.635. The van der Waals surface area contributed by atoms with Crippen LogP contribution in [0.15, 0.2) is 58.1 Å². The predicted octanol–water partition coefficient (Wildman–Crippen LogP) is 1.72. The number of nitrogens with zero attached hydrogens (tertiary/aromatic N) is 1. The van der Waals surface area contributed by atoms with Gasteiger partial charge in [0.1, 0.15) is 5.75 Å². The van der Waals surface area contributed by atoms with Gasteiger partial charge in [-0.2, -0.15) is 0 Å². The fourth-order valence-electron chi connectivity index (χ4n) is 3.44. The molecule has 1 aromatic heterocycles. The molecule has 0 spiro atoms. The van der Waals surface area contributed by atoms with Crippen molar-refractivity contribution in [2.45, 2.75) is 25.4 Å². The third-order valence-corrected chi connectivity index (χ3v) is 4.76. The lowest BCUT2D eigenvalue weighted by molar-refractivity contribution is -0.122. The van der Waals surface area contributed by atoms with Gasteiger partial charge in [-0.05, 0) is 18.2 Å². The van der Waals surface area contributed by atoms with Crippen molar-refractivity contribution in [1.82, 2.24) is 14.9 Å². The summed E-state index contributed by atoms with van der Waals surface area (Å²) in [6, 6.07) is 14.4. The summed E-state index contributed by atoms with van der Waals surface area (Å²) < 4.78 is 7.03. The molecule has 0 saturated carbocycles. The Labute approximate surface area is 154 Å².